The molecule has 2 aromatic carbocycles. The van der Waals surface area contributed by atoms with Crippen LogP contribution in [0.3, 0.4) is 0 Å². The Hall–Kier alpha value is -1.32. The van der Waals surface area contributed by atoms with Gasteiger partial charge >= 0.3 is 0 Å². The maximum absolute atomic E-state index is 14.0. The quantitative estimate of drug-likeness (QED) is 0.885. The highest BCUT2D eigenvalue weighted by atomic mass is 32.2. The van der Waals surface area contributed by atoms with E-state index >= 15 is 0 Å². The number of halogens is 1. The number of nitrogens with two attached hydrogens (primary N) is 1. The van der Waals surface area contributed by atoms with Gasteiger partial charge in [0.05, 0.1) is 4.90 Å². The van der Waals surface area contributed by atoms with Crippen LogP contribution in [-0.4, -0.2) is 0 Å². The molecule has 0 saturated carbocycles. The first-order chi connectivity index (χ1) is 8.99. The van der Waals surface area contributed by atoms with E-state index in [0.29, 0.717) is 4.90 Å². The maximum Gasteiger partial charge on any atom is 0.137 e. The van der Waals surface area contributed by atoms with Crippen molar-refractivity contribution in [3.63, 3.8) is 0 Å². The average molecular weight is 275 g/mol. The van der Waals surface area contributed by atoms with E-state index in [0.717, 1.165) is 16.0 Å². The summed E-state index contributed by atoms with van der Waals surface area (Å²) in [4.78, 5) is 1.70. The Kier molecular flexibility index (Phi) is 4.27. The van der Waals surface area contributed by atoms with E-state index in [9.17, 15) is 4.39 Å². The lowest BCUT2D eigenvalue weighted by Gasteiger charge is -2.14. The molecule has 0 fully saturated rings. The molecule has 0 aliphatic heterocycles. The minimum Gasteiger partial charge on any atom is -0.324 e. The molecule has 0 saturated heterocycles. The molecule has 19 heavy (non-hydrogen) atoms. The van der Waals surface area contributed by atoms with Crippen molar-refractivity contribution in [1.82, 2.24) is 0 Å². The largest absolute Gasteiger partial charge is 0.324 e. The van der Waals surface area contributed by atoms with Gasteiger partial charge in [0.1, 0.15) is 5.82 Å². The van der Waals surface area contributed by atoms with Gasteiger partial charge in [-0.15, -0.1) is 0 Å². The summed E-state index contributed by atoms with van der Waals surface area (Å²) in [5.41, 5.74) is 9.14. The molecule has 0 heterocycles. The highest BCUT2D eigenvalue weighted by molar-refractivity contribution is 7.99. The number of rotatable bonds is 3. The summed E-state index contributed by atoms with van der Waals surface area (Å²) in [6.07, 6.45) is 0. The second kappa shape index (κ2) is 5.76. The van der Waals surface area contributed by atoms with Crippen LogP contribution in [0.25, 0.3) is 0 Å². The van der Waals surface area contributed by atoms with E-state index < -0.39 is 0 Å². The van der Waals surface area contributed by atoms with Crippen molar-refractivity contribution in [2.75, 3.05) is 0 Å². The molecule has 100 valence electrons. The zero-order valence-electron chi connectivity index (χ0n) is 11.4. The molecule has 0 radical (unpaired) electrons. The average Bonchev–Trinajstić information content (AvgIpc) is 2.34. The normalized spacial score (nSPS) is 12.5. The van der Waals surface area contributed by atoms with Crippen molar-refractivity contribution >= 4 is 11.8 Å². The van der Waals surface area contributed by atoms with Gasteiger partial charge in [-0.2, -0.15) is 0 Å². The minimum absolute atomic E-state index is 0.177. The van der Waals surface area contributed by atoms with Crippen LogP contribution in [-0.2, 0) is 0 Å². The molecule has 0 bridgehead atoms. The highest BCUT2D eigenvalue weighted by Crippen LogP contribution is 2.36. The molecule has 0 aliphatic carbocycles. The van der Waals surface area contributed by atoms with E-state index in [4.69, 9.17) is 5.73 Å². The van der Waals surface area contributed by atoms with Crippen molar-refractivity contribution in [3.8, 4) is 0 Å². The lowest BCUT2D eigenvalue weighted by molar-refractivity contribution is 0.591. The molecule has 2 aromatic rings. The number of aryl methyl sites for hydroxylation is 2. The Morgan fingerprint density at radius 3 is 2.53 bits per heavy atom. The second-order valence-electron chi connectivity index (χ2n) is 4.82. The van der Waals surface area contributed by atoms with E-state index in [-0.39, 0.29) is 11.9 Å². The third-order valence-electron chi connectivity index (χ3n) is 3.03. The molecule has 0 aromatic heterocycles. The summed E-state index contributed by atoms with van der Waals surface area (Å²) in [5.74, 6) is -0.209. The lowest BCUT2D eigenvalue weighted by atomic mass is 10.1. The van der Waals surface area contributed by atoms with Crippen LogP contribution in [0, 0.1) is 19.7 Å². The Balaban J connectivity index is 2.43. The highest BCUT2D eigenvalue weighted by Gasteiger charge is 2.13. The Morgan fingerprint density at radius 1 is 1.16 bits per heavy atom. The molecule has 1 atom stereocenters. The van der Waals surface area contributed by atoms with Crippen LogP contribution in [0.2, 0.25) is 0 Å². The van der Waals surface area contributed by atoms with Crippen molar-refractivity contribution in [2.24, 2.45) is 5.73 Å². The van der Waals surface area contributed by atoms with Gasteiger partial charge in [0.2, 0.25) is 0 Å². The maximum atomic E-state index is 14.0. The van der Waals surface area contributed by atoms with Crippen molar-refractivity contribution in [1.29, 1.82) is 0 Å². The third kappa shape index (κ3) is 3.17. The zero-order valence-corrected chi connectivity index (χ0v) is 12.2. The lowest BCUT2D eigenvalue weighted by Crippen LogP contribution is -2.07. The molecular formula is C16H18FNS. The van der Waals surface area contributed by atoms with E-state index in [1.807, 2.05) is 32.0 Å². The summed E-state index contributed by atoms with van der Waals surface area (Å²) in [7, 11) is 0. The topological polar surface area (TPSA) is 26.0 Å². The summed E-state index contributed by atoms with van der Waals surface area (Å²) < 4.78 is 14.0. The third-order valence-corrected chi connectivity index (χ3v) is 4.34. The van der Waals surface area contributed by atoms with Crippen LogP contribution >= 0.6 is 11.8 Å². The molecular weight excluding hydrogens is 257 g/mol. The van der Waals surface area contributed by atoms with Crippen LogP contribution in [0.5, 0.6) is 0 Å². The van der Waals surface area contributed by atoms with Gasteiger partial charge in [0.15, 0.2) is 0 Å². The Labute approximate surface area is 118 Å². The van der Waals surface area contributed by atoms with Gasteiger partial charge in [-0.05, 0) is 44.0 Å². The predicted octanol–water partition coefficient (Wildman–Crippen LogP) is 4.61. The molecule has 2 rings (SSSR count). The smallest absolute Gasteiger partial charge is 0.137 e. The first-order valence-electron chi connectivity index (χ1n) is 6.28. The number of hydrogen-bond donors (Lipinski definition) is 1. The van der Waals surface area contributed by atoms with Gasteiger partial charge in [-0.25, -0.2) is 4.39 Å². The summed E-state index contributed by atoms with van der Waals surface area (Å²) in [5, 5.41) is 0. The zero-order chi connectivity index (χ0) is 14.0. The molecule has 0 amide bonds. The van der Waals surface area contributed by atoms with Gasteiger partial charge in [-0.3, -0.25) is 0 Å². The van der Waals surface area contributed by atoms with Crippen molar-refractivity contribution in [3.05, 3.63) is 58.9 Å². The minimum atomic E-state index is -0.209. The van der Waals surface area contributed by atoms with E-state index in [2.05, 4.69) is 13.0 Å². The van der Waals surface area contributed by atoms with Crippen molar-refractivity contribution in [2.45, 2.75) is 36.6 Å². The molecule has 0 spiro atoms. The van der Waals surface area contributed by atoms with Crippen LogP contribution in [0.15, 0.2) is 46.2 Å². The fourth-order valence-corrected chi connectivity index (χ4v) is 3.13. The molecule has 3 heteroatoms. The Morgan fingerprint density at radius 2 is 1.89 bits per heavy atom. The summed E-state index contributed by atoms with van der Waals surface area (Å²) in [6.45, 7) is 5.97. The fourth-order valence-electron chi connectivity index (χ4n) is 2.02. The SMILES string of the molecule is Cc1ccc(Sc2c(F)cccc2[C@H](C)N)c(C)c1. The van der Waals surface area contributed by atoms with Gasteiger partial charge in [-0.1, -0.05) is 41.6 Å². The first kappa shape index (κ1) is 14.1. The predicted molar refractivity (Wildman–Crippen MR) is 79.0 cm³/mol. The van der Waals surface area contributed by atoms with Gasteiger partial charge < -0.3 is 5.73 Å². The number of hydrogen-bond acceptors (Lipinski definition) is 2. The monoisotopic (exact) mass is 275 g/mol. The summed E-state index contributed by atoms with van der Waals surface area (Å²) in [6, 6.07) is 11.1. The van der Waals surface area contributed by atoms with Gasteiger partial charge in [0, 0.05) is 10.9 Å². The van der Waals surface area contributed by atoms with E-state index in [1.165, 1.54) is 23.4 Å². The first-order valence-corrected chi connectivity index (χ1v) is 7.10. The van der Waals surface area contributed by atoms with E-state index in [1.54, 1.807) is 6.07 Å². The second-order valence-corrected chi connectivity index (χ2v) is 5.87. The Bertz CT molecular complexity index is 593. The molecule has 1 nitrogen and oxygen atoms in total. The number of benzene rings is 2. The van der Waals surface area contributed by atoms with Crippen LogP contribution in [0.4, 0.5) is 4.39 Å². The molecule has 2 N–H and O–H groups in total. The summed E-state index contributed by atoms with van der Waals surface area (Å²) >= 11 is 1.45. The van der Waals surface area contributed by atoms with Crippen molar-refractivity contribution < 1.29 is 4.39 Å². The molecule has 0 aliphatic rings. The molecule has 0 unspecified atom stereocenters. The van der Waals surface area contributed by atoms with Crippen LogP contribution < -0.4 is 5.73 Å². The van der Waals surface area contributed by atoms with Crippen LogP contribution in [0.1, 0.15) is 29.7 Å². The van der Waals surface area contributed by atoms with Gasteiger partial charge in [0.25, 0.3) is 0 Å². The standard InChI is InChI=1S/C16H18FNS/c1-10-7-8-15(11(2)9-10)19-16-13(12(3)18)5-4-6-14(16)17/h4-9,12H,18H2,1-3H3/t12-/m0/s1. The fraction of sp³-hybridized carbons (Fsp3) is 0.250.